The molecule has 2 aromatic rings. The van der Waals surface area contributed by atoms with Crippen LogP contribution in [0.5, 0.6) is 5.75 Å². The Balaban J connectivity index is 1.59. The third kappa shape index (κ3) is 4.17. The number of hydrogen-bond donors (Lipinski definition) is 1. The number of nitrogens with one attached hydrogen (secondary N) is 1. The second-order valence-corrected chi connectivity index (χ2v) is 10.2. The molecule has 0 unspecified atom stereocenters. The van der Waals surface area contributed by atoms with Crippen LogP contribution >= 0.6 is 0 Å². The minimum absolute atomic E-state index is 0.163. The van der Waals surface area contributed by atoms with E-state index in [1.54, 1.807) is 55.6 Å². The molecule has 30 heavy (non-hydrogen) atoms. The highest BCUT2D eigenvalue weighted by Crippen LogP contribution is 2.44. The number of nitrogens with zero attached hydrogens (tertiary/aromatic N) is 1. The highest BCUT2D eigenvalue weighted by molar-refractivity contribution is 7.92. The van der Waals surface area contributed by atoms with Crippen molar-refractivity contribution >= 4 is 21.6 Å². The molecule has 0 aromatic heterocycles. The van der Waals surface area contributed by atoms with E-state index < -0.39 is 10.0 Å². The van der Waals surface area contributed by atoms with Gasteiger partial charge < -0.3 is 10.1 Å². The van der Waals surface area contributed by atoms with Gasteiger partial charge in [0.25, 0.3) is 10.0 Å². The van der Waals surface area contributed by atoms with Crippen LogP contribution in [0, 0.1) is 18.8 Å². The SMILES string of the molecule is COc1ccc(N(CC(=O)N[C@H]2C[C@H]3CC[C@H]2C3)S(=O)(=O)c2ccc(C)cc2)cc1. The molecule has 160 valence electrons. The van der Waals surface area contributed by atoms with Crippen LogP contribution in [0.25, 0.3) is 0 Å². The van der Waals surface area contributed by atoms with E-state index in [0.29, 0.717) is 23.3 Å². The third-order valence-electron chi connectivity index (χ3n) is 6.34. The van der Waals surface area contributed by atoms with Crippen LogP contribution in [0.4, 0.5) is 5.69 Å². The maximum atomic E-state index is 13.4. The third-order valence-corrected chi connectivity index (χ3v) is 8.13. The first-order valence-corrected chi connectivity index (χ1v) is 11.8. The van der Waals surface area contributed by atoms with Crippen LogP contribution in [-0.2, 0) is 14.8 Å². The van der Waals surface area contributed by atoms with Crippen molar-refractivity contribution in [2.75, 3.05) is 18.0 Å². The average molecular weight is 429 g/mol. The Labute approximate surface area is 178 Å². The maximum Gasteiger partial charge on any atom is 0.264 e. The second-order valence-electron chi connectivity index (χ2n) is 8.37. The normalized spacial score (nSPS) is 22.7. The molecule has 0 spiro atoms. The summed E-state index contributed by atoms with van der Waals surface area (Å²) in [6.45, 7) is 1.65. The van der Waals surface area contributed by atoms with Crippen LogP contribution < -0.4 is 14.4 Å². The highest BCUT2D eigenvalue weighted by atomic mass is 32.2. The van der Waals surface area contributed by atoms with Crippen molar-refractivity contribution in [1.82, 2.24) is 5.32 Å². The number of benzene rings is 2. The van der Waals surface area contributed by atoms with Gasteiger partial charge in [-0.2, -0.15) is 0 Å². The Morgan fingerprint density at radius 2 is 1.77 bits per heavy atom. The number of sulfonamides is 1. The molecule has 2 aliphatic carbocycles. The Morgan fingerprint density at radius 1 is 1.07 bits per heavy atom. The number of methoxy groups -OCH3 is 1. The lowest BCUT2D eigenvalue weighted by Gasteiger charge is -2.27. The highest BCUT2D eigenvalue weighted by Gasteiger charge is 2.40. The number of carbonyl (C=O) groups excluding carboxylic acids is 1. The van der Waals surface area contributed by atoms with Gasteiger partial charge in [0.05, 0.1) is 17.7 Å². The predicted octanol–water partition coefficient (Wildman–Crippen LogP) is 3.50. The van der Waals surface area contributed by atoms with Gasteiger partial charge in [-0.25, -0.2) is 8.42 Å². The topological polar surface area (TPSA) is 75.7 Å². The van der Waals surface area contributed by atoms with Crippen LogP contribution in [0.1, 0.15) is 31.2 Å². The second kappa shape index (κ2) is 8.30. The van der Waals surface area contributed by atoms with E-state index in [0.717, 1.165) is 18.4 Å². The zero-order chi connectivity index (χ0) is 21.3. The fourth-order valence-corrected chi connectivity index (χ4v) is 6.13. The van der Waals surface area contributed by atoms with Gasteiger partial charge in [-0.1, -0.05) is 24.1 Å². The Kier molecular flexibility index (Phi) is 5.73. The standard InChI is InChI=1S/C23H28N2O4S/c1-16-3-11-21(12-4-16)30(27,28)25(19-7-9-20(29-2)10-8-19)15-23(26)24-22-14-17-5-6-18(22)13-17/h3-4,7-12,17-18,22H,5-6,13-15H2,1-2H3,(H,24,26)/t17-,18-,22-/m0/s1. The molecule has 2 saturated carbocycles. The van der Waals surface area contributed by atoms with E-state index in [1.807, 2.05) is 6.92 Å². The van der Waals surface area contributed by atoms with Crippen molar-refractivity contribution in [2.24, 2.45) is 11.8 Å². The summed E-state index contributed by atoms with van der Waals surface area (Å²) in [4.78, 5) is 13.0. The smallest absolute Gasteiger partial charge is 0.264 e. The summed E-state index contributed by atoms with van der Waals surface area (Å²) >= 11 is 0. The van der Waals surface area contributed by atoms with Crippen molar-refractivity contribution in [3.63, 3.8) is 0 Å². The number of amides is 1. The van der Waals surface area contributed by atoms with Gasteiger partial charge in [0, 0.05) is 6.04 Å². The quantitative estimate of drug-likeness (QED) is 0.732. The van der Waals surface area contributed by atoms with Gasteiger partial charge in [0.1, 0.15) is 12.3 Å². The number of hydrogen-bond acceptors (Lipinski definition) is 4. The summed E-state index contributed by atoms with van der Waals surface area (Å²) in [6, 6.07) is 13.6. The van der Waals surface area contributed by atoms with Crippen LogP contribution in [0.15, 0.2) is 53.4 Å². The molecular weight excluding hydrogens is 400 g/mol. The molecule has 6 nitrogen and oxygen atoms in total. The summed E-state index contributed by atoms with van der Waals surface area (Å²) in [6.07, 6.45) is 4.58. The fourth-order valence-electron chi connectivity index (χ4n) is 4.71. The van der Waals surface area contributed by atoms with Gasteiger partial charge in [-0.05, 0) is 74.4 Å². The fraction of sp³-hybridized carbons (Fsp3) is 0.435. The van der Waals surface area contributed by atoms with Gasteiger partial charge in [0.15, 0.2) is 0 Å². The summed E-state index contributed by atoms with van der Waals surface area (Å²) in [5, 5.41) is 3.10. The summed E-state index contributed by atoms with van der Waals surface area (Å²) in [5.74, 6) is 1.59. The zero-order valence-corrected chi connectivity index (χ0v) is 18.2. The van der Waals surface area contributed by atoms with Crippen LogP contribution in [-0.4, -0.2) is 34.0 Å². The summed E-state index contributed by atoms with van der Waals surface area (Å²) in [7, 11) is -2.34. The number of rotatable bonds is 7. The lowest BCUT2D eigenvalue weighted by molar-refractivity contribution is -0.120. The number of anilines is 1. The van der Waals surface area contributed by atoms with E-state index in [4.69, 9.17) is 4.74 Å². The molecule has 2 fully saturated rings. The first kappa shape index (κ1) is 20.7. The lowest BCUT2D eigenvalue weighted by Crippen LogP contribution is -2.45. The molecular formula is C23H28N2O4S. The first-order valence-electron chi connectivity index (χ1n) is 10.4. The van der Waals surface area contributed by atoms with Gasteiger partial charge in [-0.15, -0.1) is 0 Å². The van der Waals surface area contributed by atoms with Gasteiger partial charge >= 0.3 is 0 Å². The zero-order valence-electron chi connectivity index (χ0n) is 17.4. The molecule has 1 N–H and O–H groups in total. The molecule has 0 saturated heterocycles. The molecule has 4 rings (SSSR count). The maximum absolute atomic E-state index is 13.4. The van der Waals surface area contributed by atoms with Crippen LogP contribution in [0.3, 0.4) is 0 Å². The van der Waals surface area contributed by atoms with E-state index in [9.17, 15) is 13.2 Å². The minimum Gasteiger partial charge on any atom is -0.497 e. The first-order chi connectivity index (χ1) is 14.4. The largest absolute Gasteiger partial charge is 0.497 e. The Morgan fingerprint density at radius 3 is 2.33 bits per heavy atom. The van der Waals surface area contributed by atoms with E-state index in [2.05, 4.69) is 5.32 Å². The Hall–Kier alpha value is -2.54. The van der Waals surface area contributed by atoms with Crippen molar-refractivity contribution in [2.45, 2.75) is 43.5 Å². The number of aryl methyl sites for hydroxylation is 1. The molecule has 7 heteroatoms. The number of carbonyl (C=O) groups is 1. The monoisotopic (exact) mass is 428 g/mol. The predicted molar refractivity (Wildman–Crippen MR) is 116 cm³/mol. The molecule has 2 bridgehead atoms. The lowest BCUT2D eigenvalue weighted by atomic mass is 9.95. The molecule has 0 radical (unpaired) electrons. The summed E-state index contributed by atoms with van der Waals surface area (Å²) < 4.78 is 33.2. The minimum atomic E-state index is -3.90. The molecule has 3 atom stereocenters. The van der Waals surface area contributed by atoms with Crippen molar-refractivity contribution in [1.29, 1.82) is 0 Å². The number of ether oxygens (including phenoxy) is 1. The summed E-state index contributed by atoms with van der Waals surface area (Å²) in [5.41, 5.74) is 1.40. The van der Waals surface area contributed by atoms with Crippen molar-refractivity contribution in [3.05, 3.63) is 54.1 Å². The Bertz CT molecular complexity index is 1000. The molecule has 2 aromatic carbocycles. The molecule has 2 aliphatic rings. The van der Waals surface area contributed by atoms with E-state index in [1.165, 1.54) is 17.1 Å². The van der Waals surface area contributed by atoms with E-state index >= 15 is 0 Å². The van der Waals surface area contributed by atoms with E-state index in [-0.39, 0.29) is 23.4 Å². The van der Waals surface area contributed by atoms with Crippen molar-refractivity contribution in [3.8, 4) is 5.75 Å². The molecule has 0 aliphatic heterocycles. The van der Waals surface area contributed by atoms with Crippen LogP contribution in [0.2, 0.25) is 0 Å². The molecule has 0 heterocycles. The van der Waals surface area contributed by atoms with Crippen molar-refractivity contribution < 1.29 is 17.9 Å². The number of fused-ring (bicyclic) bond motifs is 2. The molecule has 1 amide bonds. The van der Waals surface area contributed by atoms with Gasteiger partial charge in [0.2, 0.25) is 5.91 Å². The average Bonchev–Trinajstić information content (AvgIpc) is 3.35. The van der Waals surface area contributed by atoms with Gasteiger partial charge in [-0.3, -0.25) is 9.10 Å².